The third kappa shape index (κ3) is 4.38. The van der Waals surface area contributed by atoms with Crippen LogP contribution >= 0.6 is 11.8 Å². The van der Waals surface area contributed by atoms with Gasteiger partial charge >= 0.3 is 0 Å². The monoisotopic (exact) mass is 344 g/mol. The zero-order valence-corrected chi connectivity index (χ0v) is 15.0. The molecule has 1 aliphatic rings. The second-order valence-electron chi connectivity index (χ2n) is 6.56. The van der Waals surface area contributed by atoms with Gasteiger partial charge in [-0.1, -0.05) is 61.4 Å². The van der Waals surface area contributed by atoms with Gasteiger partial charge in [-0.2, -0.15) is 0 Å². The van der Waals surface area contributed by atoms with Crippen molar-refractivity contribution in [1.29, 1.82) is 0 Å². The molecule has 0 spiro atoms. The normalized spacial score (nSPS) is 20.8. The van der Waals surface area contributed by atoms with Crippen LogP contribution in [0.5, 0.6) is 0 Å². The van der Waals surface area contributed by atoms with Gasteiger partial charge in [0.2, 0.25) is 11.1 Å². The number of benzene rings is 1. The summed E-state index contributed by atoms with van der Waals surface area (Å²) in [6.45, 7) is 4.28. The van der Waals surface area contributed by atoms with E-state index in [0.29, 0.717) is 22.9 Å². The van der Waals surface area contributed by atoms with E-state index in [1.807, 2.05) is 24.3 Å². The first-order valence-electron chi connectivity index (χ1n) is 8.53. The maximum absolute atomic E-state index is 12.1. The lowest BCUT2D eigenvalue weighted by atomic mass is 9.86. The maximum atomic E-state index is 12.1. The third-order valence-corrected chi connectivity index (χ3v) is 5.43. The van der Waals surface area contributed by atoms with Gasteiger partial charge in [0.05, 0.1) is 5.75 Å². The first kappa shape index (κ1) is 17.0. The third-order valence-electron chi connectivity index (χ3n) is 4.58. The molecule has 1 amide bonds. The van der Waals surface area contributed by atoms with Gasteiger partial charge in [0, 0.05) is 11.6 Å². The zero-order valence-electron chi connectivity index (χ0n) is 14.2. The molecule has 6 heteroatoms. The van der Waals surface area contributed by atoms with Crippen molar-refractivity contribution >= 4 is 17.7 Å². The predicted octanol–water partition coefficient (Wildman–Crippen LogP) is 3.57. The first-order chi connectivity index (χ1) is 11.6. The molecular formula is C18H24N4OS. The average Bonchev–Trinajstić information content (AvgIpc) is 3.05. The number of nitrogens with one attached hydrogen (secondary N) is 2. The van der Waals surface area contributed by atoms with Crippen LogP contribution in [-0.4, -0.2) is 32.9 Å². The molecular weight excluding hydrogens is 320 g/mol. The number of aryl methyl sites for hydroxylation is 1. The van der Waals surface area contributed by atoms with Crippen LogP contribution in [0.15, 0.2) is 29.4 Å². The fourth-order valence-electron chi connectivity index (χ4n) is 3.06. The number of hydrogen-bond donors (Lipinski definition) is 2. The number of carbonyl (C=O) groups is 1. The summed E-state index contributed by atoms with van der Waals surface area (Å²) in [5.74, 6) is 1.73. The number of nitrogens with zero attached hydrogens (tertiary/aromatic N) is 2. The summed E-state index contributed by atoms with van der Waals surface area (Å²) in [4.78, 5) is 16.6. The average molecular weight is 344 g/mol. The molecule has 128 valence electrons. The highest BCUT2D eigenvalue weighted by Crippen LogP contribution is 2.24. The molecule has 0 unspecified atom stereocenters. The fourth-order valence-corrected chi connectivity index (χ4v) is 3.67. The Labute approximate surface area is 147 Å². The van der Waals surface area contributed by atoms with E-state index in [4.69, 9.17) is 0 Å². The molecule has 1 heterocycles. The van der Waals surface area contributed by atoms with E-state index in [1.54, 1.807) is 0 Å². The molecule has 1 fully saturated rings. The molecule has 1 saturated carbocycles. The zero-order chi connectivity index (χ0) is 16.9. The second kappa shape index (κ2) is 7.83. The minimum Gasteiger partial charge on any atom is -0.352 e. The second-order valence-corrected chi connectivity index (χ2v) is 7.50. The highest BCUT2D eigenvalue weighted by Gasteiger charge is 2.22. The van der Waals surface area contributed by atoms with E-state index in [-0.39, 0.29) is 5.91 Å². The molecule has 1 aromatic carbocycles. The van der Waals surface area contributed by atoms with Crippen molar-refractivity contribution in [2.45, 2.75) is 50.7 Å². The van der Waals surface area contributed by atoms with Gasteiger partial charge in [-0.25, -0.2) is 4.98 Å². The van der Waals surface area contributed by atoms with Crippen LogP contribution in [0.2, 0.25) is 0 Å². The van der Waals surface area contributed by atoms with E-state index < -0.39 is 0 Å². The van der Waals surface area contributed by atoms with Crippen LogP contribution in [0.3, 0.4) is 0 Å². The van der Waals surface area contributed by atoms with Gasteiger partial charge in [0.1, 0.15) is 0 Å². The number of H-pyrrole nitrogens is 1. The maximum Gasteiger partial charge on any atom is 0.230 e. The minimum absolute atomic E-state index is 0.0698. The van der Waals surface area contributed by atoms with Crippen LogP contribution in [0.1, 0.15) is 38.2 Å². The van der Waals surface area contributed by atoms with Gasteiger partial charge in [-0.05, 0) is 25.7 Å². The van der Waals surface area contributed by atoms with Crippen molar-refractivity contribution in [3.8, 4) is 11.4 Å². The summed E-state index contributed by atoms with van der Waals surface area (Å²) in [6, 6.07) is 8.44. The van der Waals surface area contributed by atoms with E-state index in [0.717, 1.165) is 17.8 Å². The van der Waals surface area contributed by atoms with E-state index >= 15 is 0 Å². The Morgan fingerprint density at radius 2 is 2.04 bits per heavy atom. The van der Waals surface area contributed by atoms with Crippen molar-refractivity contribution in [2.24, 2.45) is 5.92 Å². The largest absolute Gasteiger partial charge is 0.352 e. The topological polar surface area (TPSA) is 70.7 Å². The van der Waals surface area contributed by atoms with Gasteiger partial charge in [0.25, 0.3) is 0 Å². The predicted molar refractivity (Wildman–Crippen MR) is 96.8 cm³/mol. The number of hydrogen-bond acceptors (Lipinski definition) is 4. The molecule has 2 aromatic rings. The number of amides is 1. The van der Waals surface area contributed by atoms with Crippen molar-refractivity contribution < 1.29 is 4.79 Å². The van der Waals surface area contributed by atoms with Gasteiger partial charge in [-0.15, -0.1) is 5.10 Å². The quantitative estimate of drug-likeness (QED) is 0.814. The number of carbonyl (C=O) groups excluding carboxylic acids is 1. The van der Waals surface area contributed by atoms with Crippen molar-refractivity contribution in [2.75, 3.05) is 5.75 Å². The summed E-state index contributed by atoms with van der Waals surface area (Å²) in [5.41, 5.74) is 2.21. The van der Waals surface area contributed by atoms with Gasteiger partial charge in [0.15, 0.2) is 5.82 Å². The molecule has 0 radical (unpaired) electrons. The van der Waals surface area contributed by atoms with Crippen molar-refractivity contribution in [1.82, 2.24) is 20.5 Å². The highest BCUT2D eigenvalue weighted by molar-refractivity contribution is 7.99. The molecule has 5 nitrogen and oxygen atoms in total. The SMILES string of the molecule is Cc1ccc(-c2nc(SCC(=O)N[C@H]3CCCC[C@H]3C)n[nH]2)cc1. The summed E-state index contributed by atoms with van der Waals surface area (Å²) >= 11 is 1.37. The van der Waals surface area contributed by atoms with E-state index in [2.05, 4.69) is 34.3 Å². The molecule has 3 rings (SSSR count). The number of aromatic nitrogens is 3. The van der Waals surface area contributed by atoms with Gasteiger partial charge < -0.3 is 5.32 Å². The van der Waals surface area contributed by atoms with Crippen molar-refractivity contribution in [3.63, 3.8) is 0 Å². The lowest BCUT2D eigenvalue weighted by Gasteiger charge is -2.29. The van der Waals surface area contributed by atoms with Gasteiger partial charge in [-0.3, -0.25) is 9.89 Å². The molecule has 2 atom stereocenters. The Balaban J connectivity index is 1.51. The Morgan fingerprint density at radius 3 is 2.79 bits per heavy atom. The summed E-state index contributed by atoms with van der Waals surface area (Å²) in [7, 11) is 0. The minimum atomic E-state index is 0.0698. The van der Waals surface area contributed by atoms with E-state index in [1.165, 1.54) is 36.6 Å². The summed E-state index contributed by atoms with van der Waals surface area (Å²) in [6.07, 6.45) is 4.79. The Morgan fingerprint density at radius 1 is 1.29 bits per heavy atom. The molecule has 0 bridgehead atoms. The smallest absolute Gasteiger partial charge is 0.230 e. The Kier molecular flexibility index (Phi) is 5.56. The van der Waals surface area contributed by atoms with Crippen LogP contribution in [-0.2, 0) is 4.79 Å². The number of rotatable bonds is 5. The summed E-state index contributed by atoms with van der Waals surface area (Å²) < 4.78 is 0. The first-order valence-corrected chi connectivity index (χ1v) is 9.52. The molecule has 24 heavy (non-hydrogen) atoms. The Bertz CT molecular complexity index is 683. The van der Waals surface area contributed by atoms with Crippen molar-refractivity contribution in [3.05, 3.63) is 29.8 Å². The van der Waals surface area contributed by atoms with Crippen LogP contribution in [0.25, 0.3) is 11.4 Å². The lowest BCUT2D eigenvalue weighted by Crippen LogP contribution is -2.41. The Hall–Kier alpha value is -1.82. The van der Waals surface area contributed by atoms with Crippen LogP contribution in [0.4, 0.5) is 0 Å². The summed E-state index contributed by atoms with van der Waals surface area (Å²) in [5, 5.41) is 10.9. The number of aromatic amines is 1. The molecule has 1 aliphatic carbocycles. The molecule has 0 saturated heterocycles. The number of thioether (sulfide) groups is 1. The van der Waals surface area contributed by atoms with E-state index in [9.17, 15) is 4.79 Å². The molecule has 0 aliphatic heterocycles. The van der Waals surface area contributed by atoms with Crippen LogP contribution < -0.4 is 5.32 Å². The highest BCUT2D eigenvalue weighted by atomic mass is 32.2. The lowest BCUT2D eigenvalue weighted by molar-refractivity contribution is -0.119. The standard InChI is InChI=1S/C18H24N4OS/c1-12-7-9-14(10-8-12)17-20-18(22-21-17)24-11-16(23)19-15-6-4-3-5-13(15)2/h7-10,13,15H,3-6,11H2,1-2H3,(H,19,23)(H,20,21,22)/t13-,15+/m1/s1. The van der Waals surface area contributed by atoms with Crippen LogP contribution in [0, 0.1) is 12.8 Å². The molecule has 2 N–H and O–H groups in total. The molecule has 1 aromatic heterocycles. The fraction of sp³-hybridized carbons (Fsp3) is 0.500.